The van der Waals surface area contributed by atoms with Crippen molar-refractivity contribution in [1.29, 1.82) is 0 Å². The molecular formula is C54H70Hf. The van der Waals surface area contributed by atoms with Crippen molar-refractivity contribution < 1.29 is 22.9 Å². The molecule has 0 aliphatic heterocycles. The third-order valence-corrected chi connectivity index (χ3v) is 19.0. The Morgan fingerprint density at radius 2 is 0.600 bits per heavy atom. The quantitative estimate of drug-likeness (QED) is 0.179. The number of hydrogen-bond donors (Lipinski definition) is 0. The summed E-state index contributed by atoms with van der Waals surface area (Å²) >= 11 is -1.60. The molecule has 2 aliphatic carbocycles. The SMILES string of the molecule is CC(C)(C)c1cc(C2=Cc3cc(C(C)(C)C)ccc3[CH]2[Hf][CH]2C(c3cc(C(C)(C)C)cc(C(C)(C)C)c3)=Cc3cc(C(C)(C)C)ccc32)cc(C(C)(C)C)c1. The van der Waals surface area contributed by atoms with Crippen molar-refractivity contribution in [3.05, 3.63) is 140 Å². The van der Waals surface area contributed by atoms with Crippen molar-refractivity contribution in [1.82, 2.24) is 0 Å². The van der Waals surface area contributed by atoms with Crippen LogP contribution >= 0.6 is 0 Å². The van der Waals surface area contributed by atoms with Crippen LogP contribution in [0.3, 0.4) is 0 Å². The van der Waals surface area contributed by atoms with E-state index in [-0.39, 0.29) is 32.5 Å². The molecule has 55 heavy (non-hydrogen) atoms. The molecule has 0 N–H and O–H groups in total. The van der Waals surface area contributed by atoms with Gasteiger partial charge in [0.05, 0.1) is 0 Å². The van der Waals surface area contributed by atoms with Crippen LogP contribution in [0.5, 0.6) is 0 Å². The van der Waals surface area contributed by atoms with E-state index < -0.39 is 22.9 Å². The molecule has 4 aromatic rings. The van der Waals surface area contributed by atoms with Crippen LogP contribution in [0.4, 0.5) is 0 Å². The normalized spacial score (nSPS) is 17.9. The van der Waals surface area contributed by atoms with Gasteiger partial charge in [-0.15, -0.1) is 0 Å². The van der Waals surface area contributed by atoms with Crippen LogP contribution in [-0.4, -0.2) is 0 Å². The van der Waals surface area contributed by atoms with E-state index >= 15 is 0 Å². The average molecular weight is 898 g/mol. The summed E-state index contributed by atoms with van der Waals surface area (Å²) < 4.78 is 0.920. The fraction of sp³-hybridized carbons (Fsp3) is 0.481. The van der Waals surface area contributed by atoms with Gasteiger partial charge in [0.2, 0.25) is 0 Å². The fourth-order valence-corrected chi connectivity index (χ4v) is 15.5. The molecule has 290 valence electrons. The Bertz CT molecular complexity index is 1950. The molecule has 6 rings (SSSR count). The summed E-state index contributed by atoms with van der Waals surface area (Å²) in [4.78, 5) is 0. The van der Waals surface area contributed by atoms with Crippen molar-refractivity contribution in [3.8, 4) is 0 Å². The number of allylic oxidation sites excluding steroid dienone is 2. The summed E-state index contributed by atoms with van der Waals surface area (Å²) in [5.74, 6) is 0. The molecule has 0 radical (unpaired) electrons. The second kappa shape index (κ2) is 14.0. The van der Waals surface area contributed by atoms with Crippen molar-refractivity contribution in [2.75, 3.05) is 0 Å². The topological polar surface area (TPSA) is 0 Å². The molecule has 0 saturated heterocycles. The number of fused-ring (bicyclic) bond motifs is 2. The predicted octanol–water partition coefficient (Wildman–Crippen LogP) is 15.4. The molecule has 0 heterocycles. The van der Waals surface area contributed by atoms with E-state index in [1.807, 2.05) is 0 Å². The van der Waals surface area contributed by atoms with Gasteiger partial charge in [0.15, 0.2) is 0 Å². The second-order valence-electron chi connectivity index (χ2n) is 23.0. The van der Waals surface area contributed by atoms with Gasteiger partial charge < -0.3 is 0 Å². The van der Waals surface area contributed by atoms with Crippen molar-refractivity contribution in [2.45, 2.75) is 164 Å². The van der Waals surface area contributed by atoms with Gasteiger partial charge in [-0.25, -0.2) is 0 Å². The predicted molar refractivity (Wildman–Crippen MR) is 239 cm³/mol. The molecule has 2 atom stereocenters. The zero-order valence-electron chi connectivity index (χ0n) is 37.7. The first-order valence-electron chi connectivity index (χ1n) is 20.8. The minimum absolute atomic E-state index is 0.0623. The first-order valence-corrected chi connectivity index (χ1v) is 25.0. The van der Waals surface area contributed by atoms with E-state index in [9.17, 15) is 0 Å². The molecule has 0 saturated carbocycles. The van der Waals surface area contributed by atoms with Crippen molar-refractivity contribution in [3.63, 3.8) is 0 Å². The number of benzene rings is 4. The molecule has 1 heteroatoms. The van der Waals surface area contributed by atoms with Crippen LogP contribution in [0.15, 0.2) is 72.8 Å². The summed E-state index contributed by atoms with van der Waals surface area (Å²) in [5.41, 5.74) is 21.0. The first kappa shape index (κ1) is 41.9. The minimum atomic E-state index is -1.60. The monoisotopic (exact) mass is 898 g/mol. The van der Waals surface area contributed by atoms with Gasteiger partial charge in [0.25, 0.3) is 0 Å². The van der Waals surface area contributed by atoms with E-state index in [2.05, 4.69) is 210 Å². The van der Waals surface area contributed by atoms with E-state index in [4.69, 9.17) is 0 Å². The van der Waals surface area contributed by atoms with Crippen LogP contribution in [0.2, 0.25) is 0 Å². The molecule has 0 fully saturated rings. The van der Waals surface area contributed by atoms with Gasteiger partial charge in [0.1, 0.15) is 0 Å². The van der Waals surface area contributed by atoms with E-state index in [0.29, 0.717) is 7.35 Å². The maximum absolute atomic E-state index is 2.61. The van der Waals surface area contributed by atoms with Gasteiger partial charge in [-0.05, 0) is 0 Å². The van der Waals surface area contributed by atoms with Crippen LogP contribution in [-0.2, 0) is 55.4 Å². The molecule has 0 nitrogen and oxygen atoms in total. The van der Waals surface area contributed by atoms with Crippen LogP contribution < -0.4 is 0 Å². The zero-order valence-corrected chi connectivity index (χ0v) is 41.3. The van der Waals surface area contributed by atoms with E-state index in [1.165, 1.54) is 55.6 Å². The maximum atomic E-state index is 2.61. The Hall–Kier alpha value is -2.77. The van der Waals surface area contributed by atoms with Gasteiger partial charge in [-0.3, -0.25) is 0 Å². The summed E-state index contributed by atoms with van der Waals surface area (Å²) in [6, 6.07) is 30.1. The summed E-state index contributed by atoms with van der Waals surface area (Å²) in [5, 5.41) is 0. The van der Waals surface area contributed by atoms with E-state index in [0.717, 1.165) is 0 Å². The Balaban J connectivity index is 1.59. The zero-order chi connectivity index (χ0) is 40.8. The molecular weight excluding hydrogens is 827 g/mol. The molecule has 0 bridgehead atoms. The summed E-state index contributed by atoms with van der Waals surface area (Å²) in [6.07, 6.45) is 5.21. The van der Waals surface area contributed by atoms with Gasteiger partial charge in [0, 0.05) is 0 Å². The molecule has 0 amide bonds. The molecule has 0 spiro atoms. The average Bonchev–Trinajstić information content (AvgIpc) is 3.59. The number of rotatable bonds is 4. The van der Waals surface area contributed by atoms with Crippen LogP contribution in [0.25, 0.3) is 23.3 Å². The van der Waals surface area contributed by atoms with Crippen molar-refractivity contribution in [2.24, 2.45) is 0 Å². The van der Waals surface area contributed by atoms with Gasteiger partial charge >= 0.3 is 350 Å². The molecule has 2 unspecified atom stereocenters. The Kier molecular flexibility index (Phi) is 10.6. The summed E-state index contributed by atoms with van der Waals surface area (Å²) in [7, 11) is 0. The molecule has 0 aromatic heterocycles. The number of hydrogen-bond acceptors (Lipinski definition) is 0. The van der Waals surface area contributed by atoms with Crippen LogP contribution in [0, 0.1) is 0 Å². The second-order valence-corrected chi connectivity index (χ2v) is 28.4. The van der Waals surface area contributed by atoms with Gasteiger partial charge in [-0.2, -0.15) is 0 Å². The third-order valence-electron chi connectivity index (χ3n) is 12.1. The van der Waals surface area contributed by atoms with Gasteiger partial charge in [-0.1, -0.05) is 0 Å². The van der Waals surface area contributed by atoms with Crippen molar-refractivity contribution >= 4 is 23.3 Å². The Labute approximate surface area is 348 Å². The standard InChI is InChI=1S/2C27H35.Hf/c2*1-25(2,3)22-11-10-18-12-19(13-20(18)14-22)21-15-23(26(4,5)6)17-24(16-21)27(7,8)9;/h2*10-17H,1-9H3;. The van der Waals surface area contributed by atoms with Crippen LogP contribution in [0.1, 0.15) is 199 Å². The molecule has 4 aromatic carbocycles. The Morgan fingerprint density at radius 3 is 0.855 bits per heavy atom. The first-order chi connectivity index (χ1) is 25.0. The third kappa shape index (κ3) is 8.73. The Morgan fingerprint density at radius 1 is 0.327 bits per heavy atom. The molecule has 2 aliphatic rings. The van der Waals surface area contributed by atoms with E-state index in [1.54, 1.807) is 22.3 Å². The summed E-state index contributed by atoms with van der Waals surface area (Å²) in [6.45, 7) is 42.6. The fourth-order valence-electron chi connectivity index (χ4n) is 8.04.